The van der Waals surface area contributed by atoms with Crippen molar-refractivity contribution in [2.45, 2.75) is 20.1 Å². The summed E-state index contributed by atoms with van der Waals surface area (Å²) >= 11 is 6.43. The second-order valence-electron chi connectivity index (χ2n) is 9.19. The van der Waals surface area contributed by atoms with Crippen LogP contribution in [0.25, 0.3) is 6.08 Å². The van der Waals surface area contributed by atoms with Crippen molar-refractivity contribution in [2.75, 3.05) is 4.90 Å². The first-order valence-corrected chi connectivity index (χ1v) is 12.9. The SMILES string of the molecule is Cc1cccc(COc2ccc(/C=C3\C(=O)NC(=O)N(c4ccc(OCc5ccccc5)cc4)C3=O)cc2Cl)c1. The van der Waals surface area contributed by atoms with E-state index in [1.165, 1.54) is 6.08 Å². The summed E-state index contributed by atoms with van der Waals surface area (Å²) < 4.78 is 11.6. The number of nitrogens with one attached hydrogen (secondary N) is 1. The number of carbonyl (C=O) groups is 3. The average molecular weight is 553 g/mol. The zero-order valence-corrected chi connectivity index (χ0v) is 22.4. The van der Waals surface area contributed by atoms with E-state index in [4.69, 9.17) is 21.1 Å². The van der Waals surface area contributed by atoms with Gasteiger partial charge in [-0.1, -0.05) is 77.8 Å². The zero-order valence-electron chi connectivity index (χ0n) is 21.6. The third kappa shape index (κ3) is 6.22. The summed E-state index contributed by atoms with van der Waals surface area (Å²) in [5.74, 6) is -0.493. The molecule has 200 valence electrons. The van der Waals surface area contributed by atoms with Crippen LogP contribution < -0.4 is 19.7 Å². The van der Waals surface area contributed by atoms with Gasteiger partial charge in [-0.2, -0.15) is 0 Å². The number of aryl methyl sites for hydroxylation is 1. The number of rotatable bonds is 8. The van der Waals surface area contributed by atoms with Crippen LogP contribution in [-0.2, 0) is 22.8 Å². The highest BCUT2D eigenvalue weighted by Crippen LogP contribution is 2.29. The van der Waals surface area contributed by atoms with Crippen LogP contribution in [0.2, 0.25) is 5.02 Å². The van der Waals surface area contributed by atoms with Crippen molar-refractivity contribution >= 4 is 41.2 Å². The van der Waals surface area contributed by atoms with Crippen LogP contribution >= 0.6 is 11.6 Å². The number of imide groups is 2. The van der Waals surface area contributed by atoms with Crippen molar-refractivity contribution < 1.29 is 23.9 Å². The van der Waals surface area contributed by atoms with Crippen LogP contribution in [0.4, 0.5) is 10.5 Å². The number of benzene rings is 4. The molecule has 5 rings (SSSR count). The molecule has 40 heavy (non-hydrogen) atoms. The Bertz CT molecular complexity index is 1600. The predicted octanol–water partition coefficient (Wildman–Crippen LogP) is 6.47. The molecule has 0 spiro atoms. The maximum absolute atomic E-state index is 13.3. The molecular weight excluding hydrogens is 528 g/mol. The van der Waals surface area contributed by atoms with E-state index in [1.807, 2.05) is 61.5 Å². The molecule has 1 saturated heterocycles. The molecule has 0 bridgehead atoms. The maximum atomic E-state index is 13.3. The Morgan fingerprint density at radius 1 is 0.800 bits per heavy atom. The van der Waals surface area contributed by atoms with Gasteiger partial charge in [0, 0.05) is 0 Å². The van der Waals surface area contributed by atoms with Gasteiger partial charge in [-0.15, -0.1) is 0 Å². The first-order valence-electron chi connectivity index (χ1n) is 12.5. The number of anilines is 1. The van der Waals surface area contributed by atoms with Crippen LogP contribution in [0.15, 0.2) is 103 Å². The Morgan fingerprint density at radius 2 is 1.52 bits per heavy atom. The molecule has 1 fully saturated rings. The lowest BCUT2D eigenvalue weighted by Crippen LogP contribution is -2.54. The summed E-state index contributed by atoms with van der Waals surface area (Å²) in [5, 5.41) is 2.55. The summed E-state index contributed by atoms with van der Waals surface area (Å²) in [6, 6.07) is 28.3. The summed E-state index contributed by atoms with van der Waals surface area (Å²) in [6.45, 7) is 2.73. The minimum Gasteiger partial charge on any atom is -0.489 e. The Hall–Kier alpha value is -4.88. The Labute approximate surface area is 236 Å². The second kappa shape index (κ2) is 11.9. The summed E-state index contributed by atoms with van der Waals surface area (Å²) in [5.41, 5.74) is 3.75. The molecule has 8 heteroatoms. The molecule has 1 aliphatic heterocycles. The Kier molecular flexibility index (Phi) is 7.94. The van der Waals surface area contributed by atoms with Crippen molar-refractivity contribution in [1.29, 1.82) is 0 Å². The third-order valence-corrected chi connectivity index (χ3v) is 6.48. The number of ether oxygens (including phenoxy) is 2. The molecule has 4 amide bonds. The van der Waals surface area contributed by atoms with Gasteiger partial charge in [0.05, 0.1) is 10.7 Å². The van der Waals surface area contributed by atoms with Gasteiger partial charge in [0.25, 0.3) is 11.8 Å². The summed E-state index contributed by atoms with van der Waals surface area (Å²) in [7, 11) is 0. The number of barbiturate groups is 1. The summed E-state index contributed by atoms with van der Waals surface area (Å²) in [6.07, 6.45) is 1.39. The highest BCUT2D eigenvalue weighted by molar-refractivity contribution is 6.39. The molecule has 1 N–H and O–H groups in total. The van der Waals surface area contributed by atoms with Crippen molar-refractivity contribution in [3.8, 4) is 11.5 Å². The lowest BCUT2D eigenvalue weighted by atomic mass is 10.1. The molecule has 4 aromatic rings. The standard InChI is InChI=1S/C32H25ClN2O5/c1-21-6-5-9-24(16-21)20-40-29-15-10-23(18-28(29)33)17-27-30(36)34-32(38)35(31(27)37)25-11-13-26(14-12-25)39-19-22-7-3-2-4-8-22/h2-18H,19-20H2,1H3,(H,34,36,38)/b27-17+. The fourth-order valence-electron chi connectivity index (χ4n) is 4.18. The lowest BCUT2D eigenvalue weighted by Gasteiger charge is -2.26. The third-order valence-electron chi connectivity index (χ3n) is 6.19. The number of carbonyl (C=O) groups excluding carboxylic acids is 3. The number of urea groups is 1. The quantitative estimate of drug-likeness (QED) is 0.200. The number of hydrogen-bond donors (Lipinski definition) is 1. The zero-order chi connectivity index (χ0) is 28.1. The minimum absolute atomic E-state index is 0.200. The largest absolute Gasteiger partial charge is 0.489 e. The van der Waals surface area contributed by atoms with Crippen molar-refractivity contribution in [1.82, 2.24) is 5.32 Å². The lowest BCUT2D eigenvalue weighted by molar-refractivity contribution is -0.122. The number of nitrogens with zero attached hydrogens (tertiary/aromatic N) is 1. The molecule has 0 unspecified atom stereocenters. The van der Waals surface area contributed by atoms with E-state index in [2.05, 4.69) is 5.32 Å². The average Bonchev–Trinajstić information content (AvgIpc) is 2.95. The van der Waals surface area contributed by atoms with E-state index < -0.39 is 17.8 Å². The molecule has 0 atom stereocenters. The Morgan fingerprint density at radius 3 is 2.25 bits per heavy atom. The van der Waals surface area contributed by atoms with E-state index in [0.29, 0.717) is 41.0 Å². The van der Waals surface area contributed by atoms with Crippen molar-refractivity contribution in [3.05, 3.63) is 130 Å². The van der Waals surface area contributed by atoms with Gasteiger partial charge in [0.2, 0.25) is 0 Å². The number of hydrogen-bond acceptors (Lipinski definition) is 5. The normalized spacial score (nSPS) is 14.3. The van der Waals surface area contributed by atoms with E-state index in [-0.39, 0.29) is 5.57 Å². The van der Waals surface area contributed by atoms with Crippen LogP contribution in [0.1, 0.15) is 22.3 Å². The molecule has 1 heterocycles. The number of amides is 4. The first-order chi connectivity index (χ1) is 19.4. The smallest absolute Gasteiger partial charge is 0.335 e. The minimum atomic E-state index is -0.831. The monoisotopic (exact) mass is 552 g/mol. The van der Waals surface area contributed by atoms with Gasteiger partial charge >= 0.3 is 6.03 Å². The fourth-order valence-corrected chi connectivity index (χ4v) is 4.42. The predicted molar refractivity (Wildman–Crippen MR) is 153 cm³/mol. The molecule has 4 aromatic carbocycles. The van der Waals surface area contributed by atoms with Crippen LogP contribution in [-0.4, -0.2) is 17.8 Å². The second-order valence-corrected chi connectivity index (χ2v) is 9.60. The van der Waals surface area contributed by atoms with E-state index in [1.54, 1.807) is 42.5 Å². The Balaban J connectivity index is 1.29. The van der Waals surface area contributed by atoms with Crippen LogP contribution in [0.3, 0.4) is 0 Å². The van der Waals surface area contributed by atoms with Crippen molar-refractivity contribution in [3.63, 3.8) is 0 Å². The van der Waals surface area contributed by atoms with Crippen molar-refractivity contribution in [2.24, 2.45) is 0 Å². The molecule has 0 saturated carbocycles. The molecular formula is C32H25ClN2O5. The fraction of sp³-hybridized carbons (Fsp3) is 0.0938. The van der Waals surface area contributed by atoms with Crippen LogP contribution in [0.5, 0.6) is 11.5 Å². The molecule has 0 aromatic heterocycles. The van der Waals surface area contributed by atoms with Crippen LogP contribution in [0, 0.1) is 6.92 Å². The first kappa shape index (κ1) is 26.7. The van der Waals surface area contributed by atoms with Gasteiger partial charge in [-0.25, -0.2) is 9.69 Å². The van der Waals surface area contributed by atoms with E-state index in [9.17, 15) is 14.4 Å². The van der Waals surface area contributed by atoms with Gasteiger partial charge < -0.3 is 9.47 Å². The highest BCUT2D eigenvalue weighted by Gasteiger charge is 2.36. The maximum Gasteiger partial charge on any atom is 0.335 e. The molecule has 7 nitrogen and oxygen atoms in total. The highest BCUT2D eigenvalue weighted by atomic mass is 35.5. The molecule has 0 radical (unpaired) electrons. The molecule has 1 aliphatic rings. The summed E-state index contributed by atoms with van der Waals surface area (Å²) in [4.78, 5) is 39.4. The van der Waals surface area contributed by atoms with E-state index in [0.717, 1.165) is 21.6 Å². The van der Waals surface area contributed by atoms with Gasteiger partial charge in [-0.3, -0.25) is 14.9 Å². The van der Waals surface area contributed by atoms with Gasteiger partial charge in [0.15, 0.2) is 0 Å². The topological polar surface area (TPSA) is 84.9 Å². The molecule has 0 aliphatic carbocycles. The van der Waals surface area contributed by atoms with E-state index >= 15 is 0 Å². The van der Waals surface area contributed by atoms with Gasteiger partial charge in [0.1, 0.15) is 30.3 Å². The van der Waals surface area contributed by atoms with Gasteiger partial charge in [-0.05, 0) is 66.1 Å². The number of halogens is 1.